The van der Waals surface area contributed by atoms with E-state index in [9.17, 15) is 4.79 Å². The van der Waals surface area contributed by atoms with Crippen molar-refractivity contribution in [3.63, 3.8) is 0 Å². The Morgan fingerprint density at radius 1 is 1.20 bits per heavy atom. The summed E-state index contributed by atoms with van der Waals surface area (Å²) in [7, 11) is 0. The van der Waals surface area contributed by atoms with Gasteiger partial charge in [-0.3, -0.25) is 4.79 Å². The van der Waals surface area contributed by atoms with Crippen LogP contribution in [-0.2, 0) is 17.9 Å². The minimum absolute atomic E-state index is 0.119. The molecule has 0 saturated carbocycles. The van der Waals surface area contributed by atoms with Gasteiger partial charge in [-0.1, -0.05) is 41.6 Å². The summed E-state index contributed by atoms with van der Waals surface area (Å²) in [6.45, 7) is 6.43. The van der Waals surface area contributed by atoms with Crippen LogP contribution in [0.15, 0.2) is 47.6 Å². The second-order valence-corrected chi connectivity index (χ2v) is 8.73. The average molecular weight is 446 g/mol. The number of nitrogens with one attached hydrogen (secondary N) is 1. The molecule has 1 unspecified atom stereocenters. The zero-order chi connectivity index (χ0) is 21.7. The molecule has 7 nitrogen and oxygen atoms in total. The zero-order valence-corrected chi connectivity index (χ0v) is 18.6. The molecule has 1 amide bonds. The van der Waals surface area contributed by atoms with Gasteiger partial charge in [0.25, 0.3) is 0 Å². The maximum absolute atomic E-state index is 12.4. The van der Waals surface area contributed by atoms with Crippen molar-refractivity contribution in [2.45, 2.75) is 44.3 Å². The van der Waals surface area contributed by atoms with Crippen molar-refractivity contribution in [1.82, 2.24) is 20.2 Å². The lowest BCUT2D eigenvalue weighted by Crippen LogP contribution is -2.31. The number of ether oxygens (including phenoxy) is 1. The number of nitrogen functional groups attached to an aromatic ring is 1. The van der Waals surface area contributed by atoms with Crippen LogP contribution in [-0.4, -0.2) is 26.0 Å². The molecular formula is C21H24ClN5O2S. The highest BCUT2D eigenvalue weighted by molar-refractivity contribution is 8.00. The van der Waals surface area contributed by atoms with Gasteiger partial charge >= 0.3 is 0 Å². The summed E-state index contributed by atoms with van der Waals surface area (Å²) in [5.41, 5.74) is 3.21. The van der Waals surface area contributed by atoms with Crippen molar-refractivity contribution in [3.05, 3.63) is 70.0 Å². The maximum atomic E-state index is 12.4. The first kappa shape index (κ1) is 22.0. The number of aryl methyl sites for hydroxylation is 2. The lowest BCUT2D eigenvalue weighted by molar-refractivity contribution is -0.120. The average Bonchev–Trinajstić information content (AvgIpc) is 3.04. The SMILES string of the molecule is Cc1cc(C)cc(OCc2nnc(SC(C)C(=O)NCc3ccc(Cl)cc3)n2N)c1. The van der Waals surface area contributed by atoms with Gasteiger partial charge in [-0.15, -0.1) is 10.2 Å². The molecule has 0 saturated heterocycles. The Bertz CT molecular complexity index is 1000. The Morgan fingerprint density at radius 3 is 2.53 bits per heavy atom. The van der Waals surface area contributed by atoms with Crippen LogP contribution in [0.4, 0.5) is 0 Å². The van der Waals surface area contributed by atoms with Crippen LogP contribution in [0.3, 0.4) is 0 Å². The Balaban J connectivity index is 1.54. The highest BCUT2D eigenvalue weighted by Crippen LogP contribution is 2.22. The maximum Gasteiger partial charge on any atom is 0.233 e. The first-order chi connectivity index (χ1) is 14.3. The number of thioether (sulfide) groups is 1. The summed E-state index contributed by atoms with van der Waals surface area (Å²) in [5.74, 6) is 7.21. The molecule has 9 heteroatoms. The zero-order valence-electron chi connectivity index (χ0n) is 17.1. The van der Waals surface area contributed by atoms with E-state index in [1.54, 1.807) is 19.1 Å². The largest absolute Gasteiger partial charge is 0.486 e. The second kappa shape index (κ2) is 9.86. The number of nitrogens with zero attached hydrogens (tertiary/aromatic N) is 3. The third kappa shape index (κ3) is 5.90. The molecule has 0 spiro atoms. The molecule has 0 fully saturated rings. The molecule has 3 aromatic rings. The second-order valence-electron chi connectivity index (χ2n) is 6.99. The highest BCUT2D eigenvalue weighted by Gasteiger charge is 2.19. The van der Waals surface area contributed by atoms with Crippen molar-refractivity contribution in [3.8, 4) is 5.75 Å². The Labute approximate surface area is 184 Å². The standard InChI is InChI=1S/C21H24ClN5O2S/c1-13-8-14(2)10-18(9-13)29-12-19-25-26-21(27(19)23)30-15(3)20(28)24-11-16-4-6-17(22)7-5-16/h4-10,15H,11-12,23H2,1-3H3,(H,24,28). The number of hydrogen-bond donors (Lipinski definition) is 2. The van der Waals surface area contributed by atoms with E-state index in [-0.39, 0.29) is 12.5 Å². The molecule has 158 valence electrons. The molecule has 1 aromatic heterocycles. The first-order valence-corrected chi connectivity index (χ1v) is 10.7. The summed E-state index contributed by atoms with van der Waals surface area (Å²) in [6.07, 6.45) is 0. The van der Waals surface area contributed by atoms with Crippen molar-refractivity contribution in [2.75, 3.05) is 5.84 Å². The monoisotopic (exact) mass is 445 g/mol. The van der Waals surface area contributed by atoms with Gasteiger partial charge in [0, 0.05) is 11.6 Å². The summed E-state index contributed by atoms with van der Waals surface area (Å²) in [6, 6.07) is 13.3. The van der Waals surface area contributed by atoms with E-state index >= 15 is 0 Å². The van der Waals surface area contributed by atoms with Crippen LogP contribution >= 0.6 is 23.4 Å². The summed E-state index contributed by atoms with van der Waals surface area (Å²) >= 11 is 7.12. The van der Waals surface area contributed by atoms with Gasteiger partial charge in [-0.05, 0) is 61.7 Å². The van der Waals surface area contributed by atoms with Gasteiger partial charge in [-0.2, -0.15) is 0 Å². The third-order valence-corrected chi connectivity index (χ3v) is 5.64. The van der Waals surface area contributed by atoms with Crippen LogP contribution in [0.5, 0.6) is 5.75 Å². The molecule has 0 aliphatic heterocycles. The molecule has 3 N–H and O–H groups in total. The summed E-state index contributed by atoms with van der Waals surface area (Å²) in [5, 5.41) is 11.8. The highest BCUT2D eigenvalue weighted by atomic mass is 35.5. The van der Waals surface area contributed by atoms with E-state index in [2.05, 4.69) is 21.6 Å². The molecule has 0 aliphatic rings. The van der Waals surface area contributed by atoms with Crippen LogP contribution in [0.1, 0.15) is 29.4 Å². The number of aromatic nitrogens is 3. The van der Waals surface area contributed by atoms with E-state index in [4.69, 9.17) is 22.2 Å². The first-order valence-electron chi connectivity index (χ1n) is 9.41. The number of hydrogen-bond acceptors (Lipinski definition) is 6. The van der Waals surface area contributed by atoms with Crippen LogP contribution in [0.25, 0.3) is 0 Å². The van der Waals surface area contributed by atoms with Crippen molar-refractivity contribution < 1.29 is 9.53 Å². The van der Waals surface area contributed by atoms with Gasteiger partial charge < -0.3 is 15.9 Å². The van der Waals surface area contributed by atoms with Gasteiger partial charge in [0.1, 0.15) is 12.4 Å². The van der Waals surface area contributed by atoms with Gasteiger partial charge in [0.05, 0.1) is 5.25 Å². The van der Waals surface area contributed by atoms with E-state index in [0.717, 1.165) is 22.4 Å². The lowest BCUT2D eigenvalue weighted by Gasteiger charge is -2.12. The number of amides is 1. The smallest absolute Gasteiger partial charge is 0.233 e. The predicted octanol–water partition coefficient (Wildman–Crippen LogP) is 3.64. The van der Waals surface area contributed by atoms with Crippen LogP contribution in [0.2, 0.25) is 5.02 Å². The predicted molar refractivity (Wildman–Crippen MR) is 119 cm³/mol. The van der Waals surface area contributed by atoms with Crippen molar-refractivity contribution >= 4 is 29.3 Å². The normalized spacial score (nSPS) is 11.9. The molecule has 0 bridgehead atoms. The van der Waals surface area contributed by atoms with Crippen molar-refractivity contribution in [1.29, 1.82) is 0 Å². The number of carbonyl (C=O) groups is 1. The quantitative estimate of drug-likeness (QED) is 0.406. The number of benzene rings is 2. The molecular weight excluding hydrogens is 422 g/mol. The molecule has 3 rings (SSSR count). The topological polar surface area (TPSA) is 95.1 Å². The fraction of sp³-hybridized carbons (Fsp3) is 0.286. The molecule has 2 aromatic carbocycles. The fourth-order valence-electron chi connectivity index (χ4n) is 2.80. The third-order valence-electron chi connectivity index (χ3n) is 4.33. The van der Waals surface area contributed by atoms with E-state index < -0.39 is 5.25 Å². The van der Waals surface area contributed by atoms with Gasteiger partial charge in [0.2, 0.25) is 11.1 Å². The summed E-state index contributed by atoms with van der Waals surface area (Å²) in [4.78, 5) is 12.4. The van der Waals surface area contributed by atoms with Gasteiger partial charge in [0.15, 0.2) is 5.82 Å². The summed E-state index contributed by atoms with van der Waals surface area (Å²) < 4.78 is 7.15. The van der Waals surface area contributed by atoms with Gasteiger partial charge in [-0.25, -0.2) is 4.68 Å². The number of halogens is 1. The lowest BCUT2D eigenvalue weighted by atomic mass is 10.1. The van der Waals surface area contributed by atoms with Crippen LogP contribution < -0.4 is 15.9 Å². The minimum Gasteiger partial charge on any atom is -0.486 e. The van der Waals surface area contributed by atoms with Crippen molar-refractivity contribution in [2.24, 2.45) is 0 Å². The Kier molecular flexibility index (Phi) is 7.23. The van der Waals surface area contributed by atoms with Crippen LogP contribution in [0, 0.1) is 13.8 Å². The molecule has 0 radical (unpaired) electrons. The molecule has 1 heterocycles. The Morgan fingerprint density at radius 2 is 1.87 bits per heavy atom. The number of carbonyl (C=O) groups excluding carboxylic acids is 1. The van der Waals surface area contributed by atoms with E-state index in [0.29, 0.717) is 22.5 Å². The van der Waals surface area contributed by atoms with E-state index in [1.165, 1.54) is 16.4 Å². The van der Waals surface area contributed by atoms with E-state index in [1.807, 2.05) is 38.1 Å². The molecule has 0 aliphatic carbocycles. The molecule has 1 atom stereocenters. The Hall–Kier alpha value is -2.71. The molecule has 30 heavy (non-hydrogen) atoms. The minimum atomic E-state index is -0.392. The fourth-order valence-corrected chi connectivity index (χ4v) is 3.74. The number of rotatable bonds is 8. The number of nitrogens with two attached hydrogens (primary N) is 1.